The van der Waals surface area contributed by atoms with Crippen molar-refractivity contribution in [3.05, 3.63) is 23.5 Å². The number of ether oxygens (including phenoxy) is 1. The summed E-state index contributed by atoms with van der Waals surface area (Å²) in [6.45, 7) is 0.122. The van der Waals surface area contributed by atoms with E-state index in [4.69, 9.17) is 10.5 Å². The molecule has 0 bridgehead atoms. The van der Waals surface area contributed by atoms with Crippen molar-refractivity contribution >= 4 is 15.6 Å². The first-order chi connectivity index (χ1) is 8.31. The number of hydrogen-bond donors (Lipinski definition) is 1. The molecule has 1 aromatic carbocycles. The zero-order valence-corrected chi connectivity index (χ0v) is 10.9. The highest BCUT2D eigenvalue weighted by atomic mass is 32.2. The third-order valence-corrected chi connectivity index (χ3v) is 3.44. The van der Waals surface area contributed by atoms with Gasteiger partial charge in [-0.3, -0.25) is 4.79 Å². The van der Waals surface area contributed by atoms with Gasteiger partial charge >= 0.3 is 0 Å². The van der Waals surface area contributed by atoms with E-state index in [1.807, 2.05) is 0 Å². The molecule has 0 radical (unpaired) electrons. The largest absolute Gasteiger partial charge is 0.496 e. The van der Waals surface area contributed by atoms with Crippen molar-refractivity contribution in [2.24, 2.45) is 5.73 Å². The molecule has 18 heavy (non-hydrogen) atoms. The molecule has 0 aliphatic heterocycles. The van der Waals surface area contributed by atoms with Crippen LogP contribution in [0.4, 0.5) is 4.39 Å². The third-order valence-electron chi connectivity index (χ3n) is 2.33. The number of nitrogens with two attached hydrogens (primary N) is 1. The summed E-state index contributed by atoms with van der Waals surface area (Å²) >= 11 is 0. The van der Waals surface area contributed by atoms with Crippen molar-refractivity contribution < 1.29 is 22.3 Å². The summed E-state index contributed by atoms with van der Waals surface area (Å²) in [5.74, 6) is -1.35. The lowest BCUT2D eigenvalue weighted by atomic mass is 10.1. The topological polar surface area (TPSA) is 86.5 Å². The van der Waals surface area contributed by atoms with Crippen molar-refractivity contribution in [2.75, 3.05) is 19.9 Å². The van der Waals surface area contributed by atoms with Crippen LogP contribution in [0.25, 0.3) is 0 Å². The summed E-state index contributed by atoms with van der Waals surface area (Å²) in [4.78, 5) is 11.2. The lowest BCUT2D eigenvalue weighted by molar-refractivity contribution is 0.0982. The Hall–Kier alpha value is -1.47. The van der Waals surface area contributed by atoms with E-state index in [9.17, 15) is 17.6 Å². The second-order valence-corrected chi connectivity index (χ2v) is 5.70. The average Bonchev–Trinajstić information content (AvgIpc) is 2.27. The molecule has 0 aromatic heterocycles. The van der Waals surface area contributed by atoms with Crippen LogP contribution in [0, 0.1) is 5.82 Å². The quantitative estimate of drug-likeness (QED) is 0.802. The summed E-state index contributed by atoms with van der Waals surface area (Å²) in [7, 11) is -2.44. The predicted octanol–water partition coefficient (Wildman–Crippen LogP) is 0.769. The number of sulfone groups is 1. The smallest absolute Gasteiger partial charge is 0.178 e. The van der Waals surface area contributed by atoms with Gasteiger partial charge in [-0.1, -0.05) is 0 Å². The number of Topliss-reactive ketones (excluding diaryl/α,β-unsaturated/α-hetero) is 1. The first kappa shape index (κ1) is 14.6. The van der Waals surface area contributed by atoms with Crippen molar-refractivity contribution in [3.63, 3.8) is 0 Å². The normalized spacial score (nSPS) is 11.3. The summed E-state index contributed by atoms with van der Waals surface area (Å²) in [5, 5.41) is 0. The van der Waals surface area contributed by atoms with Crippen LogP contribution in [-0.2, 0) is 9.84 Å². The highest BCUT2D eigenvalue weighted by Gasteiger charge is 2.20. The highest BCUT2D eigenvalue weighted by Crippen LogP contribution is 2.26. The highest BCUT2D eigenvalue weighted by molar-refractivity contribution is 7.90. The lowest BCUT2D eigenvalue weighted by Gasteiger charge is -2.10. The molecular weight excluding hydrogens is 261 g/mol. The lowest BCUT2D eigenvalue weighted by Crippen LogP contribution is -2.11. The molecule has 5 nitrogen and oxygen atoms in total. The summed E-state index contributed by atoms with van der Waals surface area (Å²) < 4.78 is 41.2. The molecule has 1 rings (SSSR count). The molecule has 0 aliphatic rings. The van der Waals surface area contributed by atoms with E-state index in [2.05, 4.69) is 0 Å². The molecule has 0 saturated heterocycles. The van der Waals surface area contributed by atoms with Crippen LogP contribution >= 0.6 is 0 Å². The molecule has 0 atom stereocenters. The van der Waals surface area contributed by atoms with Gasteiger partial charge in [-0.2, -0.15) is 0 Å². The van der Waals surface area contributed by atoms with Gasteiger partial charge in [-0.25, -0.2) is 12.8 Å². The fourth-order valence-corrected chi connectivity index (χ4v) is 2.21. The van der Waals surface area contributed by atoms with Crippen LogP contribution in [0.3, 0.4) is 0 Å². The van der Waals surface area contributed by atoms with E-state index in [-0.39, 0.29) is 24.3 Å². The van der Waals surface area contributed by atoms with Crippen LogP contribution in [0.15, 0.2) is 17.0 Å². The van der Waals surface area contributed by atoms with E-state index in [1.54, 1.807) is 0 Å². The van der Waals surface area contributed by atoms with Crippen molar-refractivity contribution in [3.8, 4) is 5.75 Å². The molecule has 0 spiro atoms. The zero-order valence-electron chi connectivity index (χ0n) is 10.1. The number of ketones is 1. The molecule has 0 aliphatic carbocycles. The summed E-state index contributed by atoms with van der Waals surface area (Å²) in [6, 6.07) is 1.88. The third kappa shape index (κ3) is 3.05. The van der Waals surface area contributed by atoms with Gasteiger partial charge in [-0.15, -0.1) is 0 Å². The second kappa shape index (κ2) is 5.45. The number of methoxy groups -OCH3 is 1. The Morgan fingerprint density at radius 1 is 1.44 bits per heavy atom. The first-order valence-electron chi connectivity index (χ1n) is 5.12. The number of carbonyl (C=O) groups is 1. The molecule has 0 saturated carbocycles. The van der Waals surface area contributed by atoms with E-state index in [0.717, 1.165) is 18.4 Å². The van der Waals surface area contributed by atoms with Crippen LogP contribution in [-0.4, -0.2) is 34.1 Å². The molecule has 100 valence electrons. The van der Waals surface area contributed by atoms with E-state index >= 15 is 0 Å². The van der Waals surface area contributed by atoms with E-state index in [0.29, 0.717) is 0 Å². The zero-order chi connectivity index (χ0) is 13.9. The van der Waals surface area contributed by atoms with Gasteiger partial charge in [-0.05, 0) is 12.6 Å². The summed E-state index contributed by atoms with van der Waals surface area (Å²) in [6.07, 6.45) is 0.917. The molecule has 7 heteroatoms. The Morgan fingerprint density at radius 2 is 2.06 bits per heavy atom. The Balaban J connectivity index is 3.41. The summed E-state index contributed by atoms with van der Waals surface area (Å²) in [5.41, 5.74) is 5.24. The number of carbonyl (C=O) groups excluding carboxylic acids is 1. The van der Waals surface area contributed by atoms with E-state index < -0.39 is 26.3 Å². The van der Waals surface area contributed by atoms with Gasteiger partial charge in [0.25, 0.3) is 0 Å². The first-order valence-corrected chi connectivity index (χ1v) is 7.01. The van der Waals surface area contributed by atoms with Gasteiger partial charge in [0.2, 0.25) is 0 Å². The fraction of sp³-hybridized carbons (Fsp3) is 0.364. The van der Waals surface area contributed by atoms with Crippen molar-refractivity contribution in [1.29, 1.82) is 0 Å². The van der Waals surface area contributed by atoms with Gasteiger partial charge in [0.15, 0.2) is 15.6 Å². The van der Waals surface area contributed by atoms with Gasteiger partial charge in [0.05, 0.1) is 12.7 Å². The van der Waals surface area contributed by atoms with Crippen molar-refractivity contribution in [2.45, 2.75) is 11.3 Å². The monoisotopic (exact) mass is 275 g/mol. The molecule has 1 aromatic rings. The SMILES string of the molecule is COc1cc(S(C)(=O)=O)c(F)cc1C(=O)CCN. The Labute approximate surface area is 105 Å². The number of rotatable bonds is 5. The van der Waals surface area contributed by atoms with Gasteiger partial charge in [0.1, 0.15) is 16.5 Å². The van der Waals surface area contributed by atoms with Gasteiger partial charge in [0, 0.05) is 18.7 Å². The van der Waals surface area contributed by atoms with Crippen LogP contribution in [0.1, 0.15) is 16.8 Å². The predicted molar refractivity (Wildman–Crippen MR) is 64.1 cm³/mol. The molecular formula is C11H14FNO4S. The van der Waals surface area contributed by atoms with Crippen LogP contribution in [0.2, 0.25) is 0 Å². The van der Waals surface area contributed by atoms with Gasteiger partial charge < -0.3 is 10.5 Å². The molecule has 0 heterocycles. The minimum atomic E-state index is -3.71. The van der Waals surface area contributed by atoms with Crippen LogP contribution in [0.5, 0.6) is 5.75 Å². The Morgan fingerprint density at radius 3 is 2.50 bits per heavy atom. The molecule has 0 amide bonds. The molecule has 0 fully saturated rings. The Bertz CT molecular complexity index is 569. The second-order valence-electron chi connectivity index (χ2n) is 3.72. The number of benzene rings is 1. The standard InChI is InChI=1S/C11H14FNO4S/c1-17-10-6-11(18(2,15)16)8(12)5-7(10)9(14)3-4-13/h5-6H,3-4,13H2,1-2H3. The number of hydrogen-bond acceptors (Lipinski definition) is 5. The maximum atomic E-state index is 13.6. The van der Waals surface area contributed by atoms with E-state index in [1.165, 1.54) is 7.11 Å². The maximum Gasteiger partial charge on any atom is 0.178 e. The van der Waals surface area contributed by atoms with Crippen molar-refractivity contribution in [1.82, 2.24) is 0 Å². The molecule has 2 N–H and O–H groups in total. The fourth-order valence-electron chi connectivity index (χ4n) is 1.47. The maximum absolute atomic E-state index is 13.6. The minimum Gasteiger partial charge on any atom is -0.496 e. The molecule has 0 unspecified atom stereocenters. The average molecular weight is 275 g/mol. The minimum absolute atomic E-state index is 0.00662. The Kier molecular flexibility index (Phi) is 4.42. The van der Waals surface area contributed by atoms with Crippen LogP contribution < -0.4 is 10.5 Å². The number of halogens is 1.